The van der Waals surface area contributed by atoms with Crippen molar-refractivity contribution < 1.29 is 28.5 Å². The quantitative estimate of drug-likeness (QED) is 0.0773. The van der Waals surface area contributed by atoms with Crippen molar-refractivity contribution in [1.82, 2.24) is 19.9 Å². The molecule has 5 aromatic rings. The van der Waals surface area contributed by atoms with E-state index in [2.05, 4.69) is 36.1 Å². The van der Waals surface area contributed by atoms with Crippen LogP contribution in [-0.4, -0.2) is 51.8 Å². The highest BCUT2D eigenvalue weighted by Crippen LogP contribution is 2.15. The molecule has 0 unspecified atom stereocenters. The van der Waals surface area contributed by atoms with E-state index in [1.54, 1.807) is 83.2 Å². The Kier molecular flexibility index (Phi) is 25.5. The van der Waals surface area contributed by atoms with Crippen LogP contribution in [0.1, 0.15) is 62.8 Å². The minimum absolute atomic E-state index is 0.0139. The number of nitriles is 5. The van der Waals surface area contributed by atoms with Gasteiger partial charge in [-0.15, -0.1) is 0 Å². The molecule has 0 radical (unpaired) electrons. The minimum atomic E-state index is -0.551. The molecular weight excluding hydrogens is 908 g/mol. The molecule has 352 valence electrons. The lowest BCUT2D eigenvalue weighted by molar-refractivity contribution is -0.148. The van der Waals surface area contributed by atoms with Gasteiger partial charge in [0.15, 0.2) is 16.7 Å². The summed E-state index contributed by atoms with van der Waals surface area (Å²) >= 11 is 5.59. The number of hydrogen-bond donors (Lipinski definition) is 7. The number of halogens is 1. The summed E-state index contributed by atoms with van der Waals surface area (Å²) in [5.74, 6) is 1.32. The maximum Gasteiger partial charge on any atom is 0.318 e. The highest BCUT2D eigenvalue weighted by molar-refractivity contribution is 6.31. The summed E-state index contributed by atoms with van der Waals surface area (Å²) in [6.45, 7) is 18.0. The van der Waals surface area contributed by atoms with E-state index in [1.807, 2.05) is 0 Å². The summed E-state index contributed by atoms with van der Waals surface area (Å²) in [5.41, 5.74) is 11.4. The molecule has 6 heterocycles. The number of nitrogens with one attached hydrogen (secondary N) is 4. The van der Waals surface area contributed by atoms with Crippen molar-refractivity contribution in [2.24, 2.45) is 5.73 Å². The van der Waals surface area contributed by atoms with Gasteiger partial charge < -0.3 is 60.0 Å². The van der Waals surface area contributed by atoms with Gasteiger partial charge in [0, 0.05) is 47.5 Å². The normalized spacial score (nSPS) is 9.81. The van der Waals surface area contributed by atoms with E-state index in [0.717, 1.165) is 5.69 Å². The van der Waals surface area contributed by atoms with Gasteiger partial charge in [-0.1, -0.05) is 18.2 Å². The summed E-state index contributed by atoms with van der Waals surface area (Å²) in [5, 5.41) is 50.6. The first-order valence-electron chi connectivity index (χ1n) is 18.7. The number of methoxy groups -OCH3 is 2. The Morgan fingerprint density at radius 3 is 1.53 bits per heavy atom. The van der Waals surface area contributed by atoms with Crippen LogP contribution < -0.4 is 48.6 Å². The fourth-order valence-corrected chi connectivity index (χ4v) is 4.90. The summed E-state index contributed by atoms with van der Waals surface area (Å²) in [4.78, 5) is 77.6. The van der Waals surface area contributed by atoms with Crippen molar-refractivity contribution in [3.8, 4) is 47.6 Å². The third-order valence-electron chi connectivity index (χ3n) is 7.57. The first-order chi connectivity index (χ1) is 32.0. The van der Waals surface area contributed by atoms with Gasteiger partial charge in [0.1, 0.15) is 71.1 Å². The SMILES string of the molecule is C=C1CC(=O)O1.COc1cc(C)[nH]c(=O)c1C#N.COc1cc(C)[nH]c(=O)c1CN.Cc1cc(=O)c(C#N)c(N)o1.Cc1cc(Cl)c(C#N)c(=O)[nH]1.Cc1cc(O)c(C#N)c(=O)[nH]1.[C-]#[N+]CC#N. The topological polar surface area (TPSA) is 402 Å². The second kappa shape index (κ2) is 29.7. The molecule has 23 nitrogen and oxygen atoms in total. The van der Waals surface area contributed by atoms with Gasteiger partial charge in [0.25, 0.3) is 28.8 Å². The van der Waals surface area contributed by atoms with Gasteiger partial charge in [0.2, 0.25) is 11.3 Å². The molecule has 0 aliphatic carbocycles. The number of aromatic amines is 4. The molecule has 0 aromatic carbocycles. The van der Waals surface area contributed by atoms with Crippen LogP contribution in [0, 0.1) is 97.8 Å². The molecule has 0 spiro atoms. The van der Waals surface area contributed by atoms with E-state index in [1.165, 1.54) is 26.4 Å². The summed E-state index contributed by atoms with van der Waals surface area (Å²) in [7, 11) is 2.95. The zero-order chi connectivity index (χ0) is 52.3. The average molecular weight is 951 g/mol. The van der Waals surface area contributed by atoms with Crippen molar-refractivity contribution in [2.75, 3.05) is 26.5 Å². The summed E-state index contributed by atoms with van der Waals surface area (Å²) in [6, 6.07) is 15.9. The van der Waals surface area contributed by atoms with Crippen LogP contribution in [0.3, 0.4) is 0 Å². The Labute approximate surface area is 391 Å². The number of carbonyl (C=O) groups excluding carboxylic acids is 1. The maximum atomic E-state index is 11.2. The largest absolute Gasteiger partial charge is 0.506 e. The van der Waals surface area contributed by atoms with Crippen LogP contribution in [0.25, 0.3) is 4.85 Å². The van der Waals surface area contributed by atoms with E-state index in [4.69, 9.17) is 74.9 Å². The number of H-pyrrole nitrogens is 4. The van der Waals surface area contributed by atoms with Crippen molar-refractivity contribution in [3.05, 3.63) is 167 Å². The van der Waals surface area contributed by atoms with Crippen LogP contribution in [0.5, 0.6) is 17.2 Å². The first kappa shape index (κ1) is 58.4. The van der Waals surface area contributed by atoms with E-state index in [-0.39, 0.29) is 63.5 Å². The lowest BCUT2D eigenvalue weighted by Gasteiger charge is -2.12. The predicted molar refractivity (Wildman–Crippen MR) is 245 cm³/mol. The van der Waals surface area contributed by atoms with E-state index in [0.29, 0.717) is 52.1 Å². The Hall–Kier alpha value is -9.65. The molecular formula is C44H43ClN12O11. The molecule has 0 amide bonds. The third kappa shape index (κ3) is 19.4. The molecule has 1 saturated heterocycles. The molecule has 24 heteroatoms. The predicted octanol–water partition coefficient (Wildman–Crippen LogP) is 3.46. The van der Waals surface area contributed by atoms with Crippen molar-refractivity contribution in [2.45, 2.75) is 47.6 Å². The van der Waals surface area contributed by atoms with E-state index in [9.17, 15) is 28.8 Å². The van der Waals surface area contributed by atoms with Crippen LogP contribution in [-0.2, 0) is 16.1 Å². The Morgan fingerprint density at radius 2 is 1.18 bits per heavy atom. The number of aryl methyl sites for hydroxylation is 5. The number of hydrogen-bond acceptors (Lipinski definition) is 18. The maximum absolute atomic E-state index is 11.2. The fraction of sp³-hybridized carbons (Fsp3) is 0.227. The summed E-state index contributed by atoms with van der Waals surface area (Å²) < 4.78 is 19.0. The number of ether oxygens (including phenoxy) is 3. The monoisotopic (exact) mass is 950 g/mol. The number of nitrogens with two attached hydrogens (primary N) is 2. The number of aromatic nitrogens is 4. The highest BCUT2D eigenvalue weighted by atomic mass is 35.5. The van der Waals surface area contributed by atoms with Gasteiger partial charge in [-0.05, 0) is 46.8 Å². The average Bonchev–Trinajstić information content (AvgIpc) is 3.24. The standard InChI is InChI=1S/C8H12N2O2.C8H8N2O2.C7H5ClN2O.2C7H6N2O2.C4H4O2.C3H2N2/c2*1-5-3-7(12-2)6(4-9)8(11)10-5;1-4-2-6(8)5(3-9)7(11)10-4;1-4-2-6(10)5(3-8)7(9)11-4;1-4-2-6(10)5(3-8)7(11)9-4;1-3-2-4(5)6-3;1-5-3-2-4/h3H,4,9H2,1-2H3,(H,10,11);3H,1-2H3,(H,10,11);2H,1H3,(H,10,11);2H,9H2,1H3;2H,1H3,(H2,9,10,11);1-2H2;3H2. The van der Waals surface area contributed by atoms with Crippen molar-refractivity contribution in [3.63, 3.8) is 0 Å². The van der Waals surface area contributed by atoms with Crippen LogP contribution >= 0.6 is 11.6 Å². The van der Waals surface area contributed by atoms with Gasteiger partial charge in [0.05, 0.1) is 24.8 Å². The Bertz CT molecular complexity index is 2970. The molecule has 1 aliphatic rings. The molecule has 0 saturated carbocycles. The summed E-state index contributed by atoms with van der Waals surface area (Å²) in [6.07, 6.45) is 0.417. The highest BCUT2D eigenvalue weighted by Gasteiger charge is 2.18. The second-order valence-corrected chi connectivity index (χ2v) is 13.3. The number of nitrogens with zero attached hydrogens (tertiary/aromatic N) is 6. The zero-order valence-electron chi connectivity index (χ0n) is 37.5. The molecule has 9 N–H and O–H groups in total. The smallest absolute Gasteiger partial charge is 0.318 e. The third-order valence-corrected chi connectivity index (χ3v) is 7.87. The number of rotatable bonds is 3. The number of nitrogen functional groups attached to an aromatic ring is 1. The molecule has 1 fully saturated rings. The number of anilines is 1. The van der Waals surface area contributed by atoms with E-state index < -0.39 is 22.1 Å². The van der Waals surface area contributed by atoms with Gasteiger partial charge >= 0.3 is 5.97 Å². The fourth-order valence-electron chi connectivity index (χ4n) is 4.61. The van der Waals surface area contributed by atoms with Gasteiger partial charge in [-0.3, -0.25) is 28.8 Å². The number of aromatic hydroxyl groups is 1. The van der Waals surface area contributed by atoms with E-state index >= 15 is 0 Å². The second-order valence-electron chi connectivity index (χ2n) is 12.9. The van der Waals surface area contributed by atoms with Crippen molar-refractivity contribution in [1.29, 1.82) is 26.3 Å². The molecule has 68 heavy (non-hydrogen) atoms. The molecule has 0 atom stereocenters. The molecule has 0 bridgehead atoms. The van der Waals surface area contributed by atoms with Crippen molar-refractivity contribution >= 4 is 23.5 Å². The Morgan fingerprint density at radius 1 is 0.735 bits per heavy atom. The number of carbonyl (C=O) groups is 1. The van der Waals surface area contributed by atoms with Gasteiger partial charge in [-0.2, -0.15) is 26.3 Å². The van der Waals surface area contributed by atoms with Crippen LogP contribution in [0.15, 0.2) is 71.1 Å². The molecule has 6 rings (SSSR count). The van der Waals surface area contributed by atoms with Gasteiger partial charge in [-0.25, -0.2) is 6.57 Å². The zero-order valence-corrected chi connectivity index (χ0v) is 38.2. The molecule has 5 aromatic heterocycles. The number of esters is 1. The number of pyridine rings is 4. The van der Waals surface area contributed by atoms with Crippen LogP contribution in [0.4, 0.5) is 5.88 Å². The lowest BCUT2D eigenvalue weighted by atomic mass is 10.2. The van der Waals surface area contributed by atoms with Crippen LogP contribution in [0.2, 0.25) is 5.02 Å². The molecule has 1 aliphatic heterocycles. The lowest BCUT2D eigenvalue weighted by Crippen LogP contribution is -2.18. The Balaban J connectivity index is 0.000000782. The number of cyclic esters (lactones) is 1. The first-order valence-corrected chi connectivity index (χ1v) is 19.1. The minimum Gasteiger partial charge on any atom is -0.506 e.